The summed E-state index contributed by atoms with van der Waals surface area (Å²) in [7, 11) is 0. The fourth-order valence-electron chi connectivity index (χ4n) is 3.87. The van der Waals surface area contributed by atoms with E-state index in [1.807, 2.05) is 30.6 Å². The van der Waals surface area contributed by atoms with Crippen LogP contribution in [0.1, 0.15) is 48.7 Å². The Morgan fingerprint density at radius 1 is 1.16 bits per heavy atom. The maximum absolute atomic E-state index is 5.55. The molecule has 1 aliphatic heterocycles. The molecule has 0 saturated carbocycles. The Morgan fingerprint density at radius 3 is 2.81 bits per heavy atom. The van der Waals surface area contributed by atoms with Crippen LogP contribution >= 0.6 is 15.9 Å². The van der Waals surface area contributed by atoms with Gasteiger partial charge in [0, 0.05) is 27.6 Å². The number of aliphatic imine (C=N–C) groups is 1. The predicted octanol–water partition coefficient (Wildman–Crippen LogP) is 5.96. The number of hydrogen-bond acceptors (Lipinski definition) is 4. The summed E-state index contributed by atoms with van der Waals surface area (Å²) in [6, 6.07) is 14.3. The van der Waals surface area contributed by atoms with Crippen LogP contribution in [0.25, 0.3) is 17.1 Å². The van der Waals surface area contributed by atoms with Crippen LogP contribution in [0.3, 0.4) is 0 Å². The first-order valence-corrected chi connectivity index (χ1v) is 10.9. The Labute approximate surface area is 189 Å². The largest absolute Gasteiger partial charge is 0.442 e. The van der Waals surface area contributed by atoms with Crippen LogP contribution < -0.4 is 0 Å². The third kappa shape index (κ3) is 3.41. The molecule has 6 heteroatoms. The predicted molar refractivity (Wildman–Crippen MR) is 124 cm³/mol. The molecule has 1 atom stereocenters. The van der Waals surface area contributed by atoms with Crippen molar-refractivity contribution in [3.8, 4) is 29.0 Å². The van der Waals surface area contributed by atoms with Crippen LogP contribution in [0.2, 0.25) is 0 Å². The van der Waals surface area contributed by atoms with Crippen LogP contribution in [0.15, 0.2) is 75.3 Å². The molecule has 1 aliphatic rings. The van der Waals surface area contributed by atoms with Crippen LogP contribution in [0, 0.1) is 11.8 Å². The first kappa shape index (κ1) is 19.5. The summed E-state index contributed by atoms with van der Waals surface area (Å²) >= 11 is 3.71. The maximum atomic E-state index is 5.55. The molecule has 0 N–H and O–H groups in total. The summed E-state index contributed by atoms with van der Waals surface area (Å²) in [6.07, 6.45) is 5.75. The minimum atomic E-state index is -0.151. The molecule has 5 rings (SSSR count). The van der Waals surface area contributed by atoms with Gasteiger partial charge in [-0.05, 0) is 31.2 Å². The van der Waals surface area contributed by atoms with E-state index in [1.165, 1.54) is 6.39 Å². The fraction of sp³-hybridized carbons (Fsp3) is 0.160. The second-order valence-corrected chi connectivity index (χ2v) is 8.09. The summed E-state index contributed by atoms with van der Waals surface area (Å²) in [5.41, 5.74) is 6.66. The highest BCUT2D eigenvalue weighted by Crippen LogP contribution is 2.37. The van der Waals surface area contributed by atoms with E-state index in [0.29, 0.717) is 5.76 Å². The molecule has 152 valence electrons. The second kappa shape index (κ2) is 8.01. The van der Waals surface area contributed by atoms with Gasteiger partial charge in [0.05, 0.1) is 29.3 Å². The van der Waals surface area contributed by atoms with Crippen LogP contribution in [0.4, 0.5) is 0 Å². The number of hydrogen-bond donors (Lipinski definition) is 0. The van der Waals surface area contributed by atoms with E-state index in [9.17, 15) is 0 Å². The third-order valence-electron chi connectivity index (χ3n) is 5.24. The smallest absolute Gasteiger partial charge is 0.181 e. The Morgan fingerprint density at radius 2 is 2.03 bits per heavy atom. The summed E-state index contributed by atoms with van der Waals surface area (Å²) in [5, 5.41) is 0. The second-order valence-electron chi connectivity index (χ2n) is 7.23. The summed E-state index contributed by atoms with van der Waals surface area (Å²) in [6.45, 7) is 4.13. The average molecular weight is 471 g/mol. The Bertz CT molecular complexity index is 1360. The van der Waals surface area contributed by atoms with Crippen molar-refractivity contribution in [3.63, 3.8) is 0 Å². The van der Waals surface area contributed by atoms with E-state index in [0.717, 1.165) is 50.4 Å². The van der Waals surface area contributed by atoms with Crippen LogP contribution in [-0.4, -0.2) is 20.2 Å². The molecule has 4 aromatic rings. The van der Waals surface area contributed by atoms with Gasteiger partial charge in [-0.3, -0.25) is 9.56 Å². The van der Waals surface area contributed by atoms with E-state index in [2.05, 4.69) is 74.4 Å². The molecule has 3 heterocycles. The Kier molecular flexibility index (Phi) is 5.05. The normalized spacial score (nSPS) is 14.7. The lowest BCUT2D eigenvalue weighted by molar-refractivity contribution is 0.568. The molecule has 0 bridgehead atoms. The molecule has 2 aromatic heterocycles. The summed E-state index contributed by atoms with van der Waals surface area (Å²) < 4.78 is 8.65. The zero-order chi connectivity index (χ0) is 21.4. The topological polar surface area (TPSA) is 56.2 Å². The Hall–Kier alpha value is -3.43. The number of rotatable bonds is 2. The molecule has 0 unspecified atom stereocenters. The van der Waals surface area contributed by atoms with Gasteiger partial charge < -0.3 is 4.42 Å². The zero-order valence-corrected chi connectivity index (χ0v) is 18.7. The van der Waals surface area contributed by atoms with Gasteiger partial charge in [-0.1, -0.05) is 52.9 Å². The standard InChI is InChI=1S/C25H19BrN4O/c1-3-4-7-17-10-11-21-19(12-17)23(18-8-5-6-9-20(18)26)29-16(2)25-24(28-14-30(21)25)22-13-27-15-31-22/h5-6,8-16H,3H2,1-2H3/t16-/m1/s1. The van der Waals surface area contributed by atoms with Crippen LogP contribution in [-0.2, 0) is 0 Å². The first-order chi connectivity index (χ1) is 15.2. The lowest BCUT2D eigenvalue weighted by atomic mass is 9.98. The summed E-state index contributed by atoms with van der Waals surface area (Å²) in [5.74, 6) is 7.05. The lowest BCUT2D eigenvalue weighted by Gasteiger charge is -2.13. The monoisotopic (exact) mass is 470 g/mol. The zero-order valence-electron chi connectivity index (χ0n) is 17.1. The quantitative estimate of drug-likeness (QED) is 0.339. The maximum Gasteiger partial charge on any atom is 0.181 e. The molecule has 0 aliphatic carbocycles. The van der Waals surface area contributed by atoms with Gasteiger partial charge in [-0.25, -0.2) is 9.97 Å². The molecule has 31 heavy (non-hydrogen) atoms. The van der Waals surface area contributed by atoms with Gasteiger partial charge in [0.2, 0.25) is 0 Å². The molecule has 0 spiro atoms. The SMILES string of the molecule is CCC#Cc1ccc2c(c1)C(c1ccccc1Br)=N[C@H](C)c1c(-c3cnco3)ncn1-2. The van der Waals surface area contributed by atoms with Crippen molar-refractivity contribution in [1.82, 2.24) is 14.5 Å². The molecule has 0 amide bonds. The van der Waals surface area contributed by atoms with E-state index < -0.39 is 0 Å². The minimum Gasteiger partial charge on any atom is -0.442 e. The van der Waals surface area contributed by atoms with Crippen molar-refractivity contribution in [2.75, 3.05) is 0 Å². The molecule has 2 aromatic carbocycles. The fourth-order valence-corrected chi connectivity index (χ4v) is 4.34. The van der Waals surface area contributed by atoms with Crippen molar-refractivity contribution in [2.45, 2.75) is 26.3 Å². The van der Waals surface area contributed by atoms with E-state index in [1.54, 1.807) is 6.20 Å². The van der Waals surface area contributed by atoms with Crippen molar-refractivity contribution in [3.05, 3.63) is 88.2 Å². The van der Waals surface area contributed by atoms with Gasteiger partial charge in [0.1, 0.15) is 12.0 Å². The molecule has 0 fully saturated rings. The highest BCUT2D eigenvalue weighted by Gasteiger charge is 2.28. The number of imidazole rings is 1. The Balaban J connectivity index is 1.80. The van der Waals surface area contributed by atoms with Crippen molar-refractivity contribution in [2.24, 2.45) is 4.99 Å². The first-order valence-electron chi connectivity index (χ1n) is 10.1. The van der Waals surface area contributed by atoms with Crippen LogP contribution in [0.5, 0.6) is 0 Å². The highest BCUT2D eigenvalue weighted by molar-refractivity contribution is 9.10. The number of oxazole rings is 1. The molecular formula is C25H19BrN4O. The van der Waals surface area contributed by atoms with Gasteiger partial charge >= 0.3 is 0 Å². The van der Waals surface area contributed by atoms with Gasteiger partial charge in [-0.2, -0.15) is 0 Å². The van der Waals surface area contributed by atoms with Crippen molar-refractivity contribution in [1.29, 1.82) is 0 Å². The van der Waals surface area contributed by atoms with E-state index >= 15 is 0 Å². The number of halogens is 1. The van der Waals surface area contributed by atoms with Gasteiger partial charge in [0.25, 0.3) is 0 Å². The summed E-state index contributed by atoms with van der Waals surface area (Å²) in [4.78, 5) is 13.9. The minimum absolute atomic E-state index is 0.151. The number of fused-ring (bicyclic) bond motifs is 3. The molecule has 0 saturated heterocycles. The van der Waals surface area contributed by atoms with E-state index in [-0.39, 0.29) is 6.04 Å². The molecular weight excluding hydrogens is 452 g/mol. The van der Waals surface area contributed by atoms with Gasteiger partial charge in [0.15, 0.2) is 12.2 Å². The molecule has 5 nitrogen and oxygen atoms in total. The number of benzene rings is 2. The van der Waals surface area contributed by atoms with Crippen molar-refractivity contribution < 1.29 is 4.42 Å². The number of aromatic nitrogens is 3. The van der Waals surface area contributed by atoms with E-state index in [4.69, 9.17) is 9.41 Å². The average Bonchev–Trinajstić information content (AvgIpc) is 3.44. The third-order valence-corrected chi connectivity index (χ3v) is 5.93. The lowest BCUT2D eigenvalue weighted by Crippen LogP contribution is -2.08. The van der Waals surface area contributed by atoms with Crippen molar-refractivity contribution >= 4 is 21.6 Å². The molecule has 0 radical (unpaired) electrons. The number of nitrogens with zero attached hydrogens (tertiary/aromatic N) is 4. The van der Waals surface area contributed by atoms with Gasteiger partial charge in [-0.15, -0.1) is 0 Å². The highest BCUT2D eigenvalue weighted by atomic mass is 79.9.